The number of benzene rings is 1. The van der Waals surface area contributed by atoms with Gasteiger partial charge in [0, 0.05) is 30.1 Å². The van der Waals surface area contributed by atoms with Gasteiger partial charge >= 0.3 is 0 Å². The lowest BCUT2D eigenvalue weighted by Gasteiger charge is -2.06. The Morgan fingerprint density at radius 2 is 1.95 bits per heavy atom. The Morgan fingerprint density at radius 1 is 1.15 bits per heavy atom. The van der Waals surface area contributed by atoms with E-state index in [1.165, 1.54) is 0 Å². The fourth-order valence-electron chi connectivity index (χ4n) is 1.60. The Bertz CT molecular complexity index is 555. The van der Waals surface area contributed by atoms with E-state index < -0.39 is 0 Å². The number of amides is 2. The van der Waals surface area contributed by atoms with Crippen molar-refractivity contribution in [3.05, 3.63) is 52.5 Å². The van der Waals surface area contributed by atoms with Crippen LogP contribution in [-0.4, -0.2) is 29.9 Å². The molecule has 6 heteroatoms. The van der Waals surface area contributed by atoms with E-state index in [1.807, 2.05) is 11.4 Å². The van der Waals surface area contributed by atoms with Crippen molar-refractivity contribution in [1.29, 1.82) is 0 Å². The van der Waals surface area contributed by atoms with Gasteiger partial charge < -0.3 is 10.6 Å². The highest BCUT2D eigenvalue weighted by atomic mass is 32.1. The SMILES string of the molecule is O=C(CNC(=O)c1ccccc1)NCCc1nccs1. The normalized spacial score (nSPS) is 10.0. The fraction of sp³-hybridized carbons (Fsp3) is 0.214. The molecule has 0 atom stereocenters. The van der Waals surface area contributed by atoms with Gasteiger partial charge in [0.1, 0.15) is 0 Å². The van der Waals surface area contributed by atoms with Crippen LogP contribution in [0, 0.1) is 0 Å². The van der Waals surface area contributed by atoms with Crippen LogP contribution in [0.15, 0.2) is 41.9 Å². The van der Waals surface area contributed by atoms with E-state index in [1.54, 1.807) is 41.8 Å². The number of aromatic nitrogens is 1. The van der Waals surface area contributed by atoms with Gasteiger partial charge in [-0.3, -0.25) is 9.59 Å². The summed E-state index contributed by atoms with van der Waals surface area (Å²) in [7, 11) is 0. The third-order valence-corrected chi connectivity index (χ3v) is 3.43. The van der Waals surface area contributed by atoms with Gasteiger partial charge in [-0.15, -0.1) is 11.3 Å². The molecule has 0 unspecified atom stereocenters. The van der Waals surface area contributed by atoms with Crippen molar-refractivity contribution in [3.63, 3.8) is 0 Å². The summed E-state index contributed by atoms with van der Waals surface area (Å²) in [4.78, 5) is 27.4. The molecule has 0 aliphatic rings. The van der Waals surface area contributed by atoms with Gasteiger partial charge in [-0.1, -0.05) is 18.2 Å². The lowest BCUT2D eigenvalue weighted by molar-refractivity contribution is -0.120. The third-order valence-electron chi connectivity index (χ3n) is 2.59. The number of thiazole rings is 1. The molecule has 0 spiro atoms. The molecule has 2 rings (SSSR count). The summed E-state index contributed by atoms with van der Waals surface area (Å²) in [6, 6.07) is 8.81. The molecule has 0 aliphatic heterocycles. The van der Waals surface area contributed by atoms with Gasteiger partial charge in [-0.2, -0.15) is 0 Å². The van der Waals surface area contributed by atoms with Gasteiger partial charge in [0.2, 0.25) is 5.91 Å². The Kier molecular flexibility index (Phi) is 5.25. The lowest BCUT2D eigenvalue weighted by atomic mass is 10.2. The van der Waals surface area contributed by atoms with E-state index in [4.69, 9.17) is 0 Å². The zero-order valence-electron chi connectivity index (χ0n) is 10.8. The van der Waals surface area contributed by atoms with Crippen molar-refractivity contribution in [2.75, 3.05) is 13.1 Å². The zero-order chi connectivity index (χ0) is 14.2. The minimum absolute atomic E-state index is 0.0222. The summed E-state index contributed by atoms with van der Waals surface area (Å²) in [6.45, 7) is 0.499. The second-order valence-corrected chi connectivity index (χ2v) is 5.05. The van der Waals surface area contributed by atoms with Crippen LogP contribution in [0.1, 0.15) is 15.4 Å². The monoisotopic (exact) mass is 289 g/mol. The van der Waals surface area contributed by atoms with Gasteiger partial charge in [-0.25, -0.2) is 4.98 Å². The van der Waals surface area contributed by atoms with E-state index >= 15 is 0 Å². The summed E-state index contributed by atoms with van der Waals surface area (Å²) in [5.74, 6) is -0.452. The number of nitrogens with zero attached hydrogens (tertiary/aromatic N) is 1. The molecule has 20 heavy (non-hydrogen) atoms. The first kappa shape index (κ1) is 14.2. The molecule has 0 aliphatic carbocycles. The van der Waals surface area contributed by atoms with Crippen molar-refractivity contribution in [3.8, 4) is 0 Å². The fourth-order valence-corrected chi connectivity index (χ4v) is 2.22. The van der Waals surface area contributed by atoms with E-state index in [2.05, 4.69) is 15.6 Å². The topological polar surface area (TPSA) is 71.1 Å². The molecule has 0 fully saturated rings. The van der Waals surface area contributed by atoms with Crippen molar-refractivity contribution in [2.45, 2.75) is 6.42 Å². The van der Waals surface area contributed by atoms with Crippen LogP contribution >= 0.6 is 11.3 Å². The minimum atomic E-state index is -0.249. The number of carbonyl (C=O) groups is 2. The van der Waals surface area contributed by atoms with Gasteiger partial charge in [0.15, 0.2) is 0 Å². The summed E-state index contributed by atoms with van der Waals surface area (Å²) in [5.41, 5.74) is 0.545. The molecule has 0 saturated carbocycles. The predicted octanol–water partition coefficient (Wildman–Crippen LogP) is 1.23. The molecule has 0 bridgehead atoms. The largest absolute Gasteiger partial charge is 0.354 e. The highest BCUT2D eigenvalue weighted by Crippen LogP contribution is 2.03. The maximum atomic E-state index is 11.7. The number of hydrogen-bond acceptors (Lipinski definition) is 4. The highest BCUT2D eigenvalue weighted by molar-refractivity contribution is 7.09. The molecule has 0 radical (unpaired) electrons. The van der Waals surface area contributed by atoms with Gasteiger partial charge in [0.25, 0.3) is 5.91 Å². The second-order valence-electron chi connectivity index (χ2n) is 4.07. The molecular formula is C14H15N3O2S. The molecule has 1 aromatic carbocycles. The average molecular weight is 289 g/mol. The van der Waals surface area contributed by atoms with Gasteiger partial charge in [0.05, 0.1) is 11.6 Å². The molecule has 0 saturated heterocycles. The lowest BCUT2D eigenvalue weighted by Crippen LogP contribution is -2.37. The first-order chi connectivity index (χ1) is 9.75. The summed E-state index contributed by atoms with van der Waals surface area (Å²) >= 11 is 1.56. The van der Waals surface area contributed by atoms with Crippen molar-refractivity contribution >= 4 is 23.2 Å². The Labute approximate surface area is 121 Å². The van der Waals surface area contributed by atoms with Crippen LogP contribution < -0.4 is 10.6 Å². The maximum absolute atomic E-state index is 11.7. The first-order valence-electron chi connectivity index (χ1n) is 6.24. The number of hydrogen-bond donors (Lipinski definition) is 2. The summed E-state index contributed by atoms with van der Waals surface area (Å²) in [5, 5.41) is 8.20. The molecule has 5 nitrogen and oxygen atoms in total. The maximum Gasteiger partial charge on any atom is 0.251 e. The smallest absolute Gasteiger partial charge is 0.251 e. The molecule has 104 valence electrons. The van der Waals surface area contributed by atoms with E-state index in [0.717, 1.165) is 5.01 Å². The van der Waals surface area contributed by atoms with E-state index in [0.29, 0.717) is 18.5 Å². The second kappa shape index (κ2) is 7.40. The minimum Gasteiger partial charge on any atom is -0.354 e. The molecule has 2 amide bonds. The number of carbonyl (C=O) groups excluding carboxylic acids is 2. The molecule has 1 heterocycles. The Balaban J connectivity index is 1.66. The summed E-state index contributed by atoms with van der Waals surface area (Å²) < 4.78 is 0. The molecular weight excluding hydrogens is 274 g/mol. The predicted molar refractivity (Wildman–Crippen MR) is 77.6 cm³/mol. The third kappa shape index (κ3) is 4.47. The quantitative estimate of drug-likeness (QED) is 0.840. The van der Waals surface area contributed by atoms with Crippen molar-refractivity contribution in [1.82, 2.24) is 15.6 Å². The van der Waals surface area contributed by atoms with Crippen molar-refractivity contribution in [2.24, 2.45) is 0 Å². The first-order valence-corrected chi connectivity index (χ1v) is 7.12. The number of rotatable bonds is 6. The Hall–Kier alpha value is -2.21. The van der Waals surface area contributed by atoms with Crippen LogP contribution in [0.25, 0.3) is 0 Å². The van der Waals surface area contributed by atoms with Crippen LogP contribution in [-0.2, 0) is 11.2 Å². The average Bonchev–Trinajstić information content (AvgIpc) is 2.99. The highest BCUT2D eigenvalue weighted by Gasteiger charge is 2.07. The molecule has 1 aromatic heterocycles. The van der Waals surface area contributed by atoms with E-state index in [9.17, 15) is 9.59 Å². The van der Waals surface area contributed by atoms with Crippen LogP contribution in [0.4, 0.5) is 0 Å². The summed E-state index contributed by atoms with van der Waals surface area (Å²) in [6.07, 6.45) is 2.44. The van der Waals surface area contributed by atoms with E-state index in [-0.39, 0.29) is 18.4 Å². The van der Waals surface area contributed by atoms with Crippen LogP contribution in [0.3, 0.4) is 0 Å². The molecule has 2 N–H and O–H groups in total. The van der Waals surface area contributed by atoms with Crippen molar-refractivity contribution < 1.29 is 9.59 Å². The van der Waals surface area contributed by atoms with Gasteiger partial charge in [-0.05, 0) is 12.1 Å². The van der Waals surface area contributed by atoms with Crippen LogP contribution in [0.5, 0.6) is 0 Å². The zero-order valence-corrected chi connectivity index (χ0v) is 11.7. The van der Waals surface area contributed by atoms with Crippen LogP contribution in [0.2, 0.25) is 0 Å². The standard InChI is InChI=1S/C14H15N3O2S/c18-12(15-7-6-13-16-8-9-20-13)10-17-14(19)11-4-2-1-3-5-11/h1-5,8-9H,6-7,10H2,(H,15,18)(H,17,19). The molecule has 2 aromatic rings. The number of nitrogens with one attached hydrogen (secondary N) is 2. The Morgan fingerprint density at radius 3 is 2.65 bits per heavy atom.